The summed E-state index contributed by atoms with van der Waals surface area (Å²) in [5, 5.41) is 9.21. The molecule has 0 unspecified atom stereocenters. The zero-order chi connectivity index (χ0) is 17.5. The SMILES string of the molecule is CCCCCc1cc(C#N)ccc1-c1ccc(-c2ccccc2)cc1. The summed E-state index contributed by atoms with van der Waals surface area (Å²) < 4.78 is 0. The summed E-state index contributed by atoms with van der Waals surface area (Å²) in [7, 11) is 0. The highest BCUT2D eigenvalue weighted by Crippen LogP contribution is 2.29. The van der Waals surface area contributed by atoms with E-state index < -0.39 is 0 Å². The molecule has 0 bridgehead atoms. The molecule has 0 fully saturated rings. The standard InChI is InChI=1S/C24H23N/c1-2-3-5-10-23-17-19(18-25)11-16-24(23)22-14-12-21(13-15-22)20-8-6-4-7-9-20/h4,6-9,11-17H,2-3,5,10H2,1H3. The van der Waals surface area contributed by atoms with Crippen LogP contribution in [-0.2, 0) is 6.42 Å². The van der Waals surface area contributed by atoms with E-state index in [9.17, 15) is 5.26 Å². The molecular formula is C24H23N. The molecule has 0 spiro atoms. The van der Waals surface area contributed by atoms with Gasteiger partial charge in [-0.15, -0.1) is 0 Å². The third-order valence-electron chi connectivity index (χ3n) is 4.59. The van der Waals surface area contributed by atoms with Crippen LogP contribution in [0.15, 0.2) is 72.8 Å². The van der Waals surface area contributed by atoms with E-state index in [1.54, 1.807) is 0 Å². The van der Waals surface area contributed by atoms with Crippen molar-refractivity contribution in [2.45, 2.75) is 32.6 Å². The number of hydrogen-bond acceptors (Lipinski definition) is 1. The maximum absolute atomic E-state index is 9.21. The molecule has 0 saturated carbocycles. The van der Waals surface area contributed by atoms with E-state index in [1.807, 2.05) is 12.1 Å². The number of nitrogens with zero attached hydrogens (tertiary/aromatic N) is 1. The molecule has 3 rings (SSSR count). The van der Waals surface area contributed by atoms with Crippen LogP contribution in [0, 0.1) is 11.3 Å². The van der Waals surface area contributed by atoms with Crippen molar-refractivity contribution in [1.82, 2.24) is 0 Å². The Morgan fingerprint density at radius 3 is 2.12 bits per heavy atom. The average molecular weight is 325 g/mol. The van der Waals surface area contributed by atoms with Crippen LogP contribution in [0.5, 0.6) is 0 Å². The Morgan fingerprint density at radius 2 is 1.44 bits per heavy atom. The lowest BCUT2D eigenvalue weighted by atomic mass is 9.93. The molecule has 3 aromatic rings. The van der Waals surface area contributed by atoms with Gasteiger partial charge in [-0.3, -0.25) is 0 Å². The molecule has 0 aliphatic heterocycles. The molecular weight excluding hydrogens is 302 g/mol. The summed E-state index contributed by atoms with van der Waals surface area (Å²) in [6.45, 7) is 2.22. The molecule has 0 saturated heterocycles. The lowest BCUT2D eigenvalue weighted by molar-refractivity contribution is 0.718. The van der Waals surface area contributed by atoms with Gasteiger partial charge in [0.1, 0.15) is 0 Å². The van der Waals surface area contributed by atoms with Crippen molar-refractivity contribution in [3.63, 3.8) is 0 Å². The number of nitriles is 1. The Kier molecular flexibility index (Phi) is 5.65. The molecule has 1 nitrogen and oxygen atoms in total. The van der Waals surface area contributed by atoms with Gasteiger partial charge in [0.2, 0.25) is 0 Å². The van der Waals surface area contributed by atoms with Crippen molar-refractivity contribution >= 4 is 0 Å². The second kappa shape index (κ2) is 8.31. The summed E-state index contributed by atoms with van der Waals surface area (Å²) in [4.78, 5) is 0. The summed E-state index contributed by atoms with van der Waals surface area (Å²) in [5.74, 6) is 0. The molecule has 1 heteroatoms. The lowest BCUT2D eigenvalue weighted by Gasteiger charge is -2.11. The van der Waals surface area contributed by atoms with Crippen molar-refractivity contribution in [2.24, 2.45) is 0 Å². The van der Waals surface area contributed by atoms with Gasteiger partial charge in [-0.25, -0.2) is 0 Å². The Labute approximate surface area is 150 Å². The van der Waals surface area contributed by atoms with Crippen LogP contribution in [0.3, 0.4) is 0 Å². The summed E-state index contributed by atoms with van der Waals surface area (Å²) in [5.41, 5.74) is 6.95. The van der Waals surface area contributed by atoms with Crippen molar-refractivity contribution in [2.75, 3.05) is 0 Å². The van der Waals surface area contributed by atoms with E-state index in [2.05, 4.69) is 73.7 Å². The topological polar surface area (TPSA) is 23.8 Å². The minimum absolute atomic E-state index is 0.746. The first-order chi connectivity index (χ1) is 12.3. The monoisotopic (exact) mass is 325 g/mol. The van der Waals surface area contributed by atoms with Gasteiger partial charge in [0, 0.05) is 0 Å². The maximum atomic E-state index is 9.21. The number of rotatable bonds is 6. The summed E-state index contributed by atoms with van der Waals surface area (Å²) >= 11 is 0. The normalized spacial score (nSPS) is 10.4. The zero-order valence-corrected chi connectivity index (χ0v) is 14.7. The van der Waals surface area contributed by atoms with Gasteiger partial charge in [0.25, 0.3) is 0 Å². The van der Waals surface area contributed by atoms with Crippen LogP contribution < -0.4 is 0 Å². The minimum Gasteiger partial charge on any atom is -0.192 e. The first kappa shape index (κ1) is 17.0. The molecule has 0 amide bonds. The van der Waals surface area contributed by atoms with Crippen molar-refractivity contribution < 1.29 is 0 Å². The molecule has 124 valence electrons. The minimum atomic E-state index is 0.746. The first-order valence-corrected chi connectivity index (χ1v) is 9.00. The first-order valence-electron chi connectivity index (χ1n) is 9.00. The molecule has 0 radical (unpaired) electrons. The van der Waals surface area contributed by atoms with E-state index in [1.165, 1.54) is 47.1 Å². The van der Waals surface area contributed by atoms with Crippen LogP contribution >= 0.6 is 0 Å². The van der Waals surface area contributed by atoms with Crippen LogP contribution in [-0.4, -0.2) is 0 Å². The predicted octanol–water partition coefficient (Wildman–Crippen LogP) is 6.62. The molecule has 0 aliphatic rings. The average Bonchev–Trinajstić information content (AvgIpc) is 2.69. The fraction of sp³-hybridized carbons (Fsp3) is 0.208. The van der Waals surface area contributed by atoms with E-state index in [0.717, 1.165) is 12.0 Å². The summed E-state index contributed by atoms with van der Waals surface area (Å²) in [6, 6.07) is 27.5. The third kappa shape index (κ3) is 4.17. The highest BCUT2D eigenvalue weighted by atomic mass is 14.2. The second-order valence-corrected chi connectivity index (χ2v) is 6.38. The number of aryl methyl sites for hydroxylation is 1. The fourth-order valence-electron chi connectivity index (χ4n) is 3.19. The van der Waals surface area contributed by atoms with E-state index >= 15 is 0 Å². The third-order valence-corrected chi connectivity index (χ3v) is 4.59. The highest BCUT2D eigenvalue weighted by Gasteiger charge is 2.07. The second-order valence-electron chi connectivity index (χ2n) is 6.38. The van der Waals surface area contributed by atoms with E-state index in [-0.39, 0.29) is 0 Å². The van der Waals surface area contributed by atoms with Gasteiger partial charge in [-0.1, -0.05) is 80.4 Å². The van der Waals surface area contributed by atoms with Gasteiger partial charge in [0.05, 0.1) is 11.6 Å². The van der Waals surface area contributed by atoms with E-state index in [0.29, 0.717) is 0 Å². The van der Waals surface area contributed by atoms with Crippen molar-refractivity contribution in [1.29, 1.82) is 5.26 Å². The van der Waals surface area contributed by atoms with Crippen LogP contribution in [0.25, 0.3) is 22.3 Å². The van der Waals surface area contributed by atoms with Crippen LogP contribution in [0.4, 0.5) is 0 Å². The number of hydrogen-bond donors (Lipinski definition) is 0. The number of benzene rings is 3. The maximum Gasteiger partial charge on any atom is 0.0991 e. The smallest absolute Gasteiger partial charge is 0.0991 e. The molecule has 25 heavy (non-hydrogen) atoms. The quantitative estimate of drug-likeness (QED) is 0.467. The van der Waals surface area contributed by atoms with Gasteiger partial charge < -0.3 is 0 Å². The zero-order valence-electron chi connectivity index (χ0n) is 14.7. The number of unbranched alkanes of at least 4 members (excludes halogenated alkanes) is 2. The Bertz CT molecular complexity index is 855. The van der Waals surface area contributed by atoms with Crippen molar-refractivity contribution in [3.8, 4) is 28.3 Å². The van der Waals surface area contributed by atoms with Gasteiger partial charge >= 0.3 is 0 Å². The van der Waals surface area contributed by atoms with E-state index in [4.69, 9.17) is 0 Å². The largest absolute Gasteiger partial charge is 0.192 e. The molecule has 0 heterocycles. The van der Waals surface area contributed by atoms with Crippen molar-refractivity contribution in [3.05, 3.63) is 83.9 Å². The summed E-state index contributed by atoms with van der Waals surface area (Å²) in [6.07, 6.45) is 4.63. The predicted molar refractivity (Wildman–Crippen MR) is 105 cm³/mol. The van der Waals surface area contributed by atoms with Gasteiger partial charge in [0.15, 0.2) is 0 Å². The Morgan fingerprint density at radius 1 is 0.760 bits per heavy atom. The van der Waals surface area contributed by atoms with Crippen LogP contribution in [0.1, 0.15) is 37.3 Å². The van der Waals surface area contributed by atoms with Gasteiger partial charge in [-0.05, 0) is 52.8 Å². The fourth-order valence-corrected chi connectivity index (χ4v) is 3.19. The Balaban J connectivity index is 1.91. The molecule has 0 atom stereocenters. The molecule has 0 aliphatic carbocycles. The Hall–Kier alpha value is -2.85. The van der Waals surface area contributed by atoms with Crippen LogP contribution in [0.2, 0.25) is 0 Å². The highest BCUT2D eigenvalue weighted by molar-refractivity contribution is 5.73. The van der Waals surface area contributed by atoms with Gasteiger partial charge in [-0.2, -0.15) is 5.26 Å². The lowest BCUT2D eigenvalue weighted by Crippen LogP contribution is -1.92. The molecule has 3 aromatic carbocycles. The molecule has 0 N–H and O–H groups in total. The molecule has 0 aromatic heterocycles.